The molecule has 0 fully saturated rings. The van der Waals surface area contributed by atoms with Crippen molar-refractivity contribution in [2.24, 2.45) is 0 Å². The lowest BCUT2D eigenvalue weighted by Crippen LogP contribution is -2.28. The van der Waals surface area contributed by atoms with Crippen LogP contribution < -0.4 is 5.32 Å². The van der Waals surface area contributed by atoms with E-state index in [0.717, 1.165) is 4.68 Å². The van der Waals surface area contributed by atoms with Crippen LogP contribution in [0.2, 0.25) is 10.0 Å². The second kappa shape index (κ2) is 7.43. The van der Waals surface area contributed by atoms with Crippen molar-refractivity contribution in [2.45, 2.75) is 32.6 Å². The highest BCUT2D eigenvalue weighted by Crippen LogP contribution is 2.35. The average molecular weight is 384 g/mol. The summed E-state index contributed by atoms with van der Waals surface area (Å²) in [6, 6.07) is 0. The number of rotatable bonds is 6. The number of nitrogens with one attached hydrogen (secondary N) is 1. The van der Waals surface area contributed by atoms with Crippen molar-refractivity contribution in [2.75, 3.05) is 6.54 Å². The zero-order chi connectivity index (χ0) is 17.9. The van der Waals surface area contributed by atoms with E-state index in [2.05, 4.69) is 15.5 Å². The van der Waals surface area contributed by atoms with E-state index >= 15 is 0 Å². The van der Waals surface area contributed by atoms with Crippen molar-refractivity contribution in [3.05, 3.63) is 33.8 Å². The highest BCUT2D eigenvalue weighted by atomic mass is 35.5. The molecule has 2 rings (SSSR count). The van der Waals surface area contributed by atoms with E-state index in [1.165, 1.54) is 13.1 Å². The SMILES string of the molecule is Cc1c(Cl)c(C(F)(F)F)nn1CCC(=O)NCCn1cc(Cl)cn1. The fourth-order valence-electron chi connectivity index (χ4n) is 1.99. The van der Waals surface area contributed by atoms with Crippen molar-refractivity contribution >= 4 is 29.1 Å². The normalized spacial score (nSPS) is 11.8. The Morgan fingerprint density at radius 3 is 2.58 bits per heavy atom. The van der Waals surface area contributed by atoms with Crippen molar-refractivity contribution in [3.8, 4) is 0 Å². The van der Waals surface area contributed by atoms with Crippen LogP contribution in [0.15, 0.2) is 12.4 Å². The molecule has 2 aromatic heterocycles. The van der Waals surface area contributed by atoms with Gasteiger partial charge in [0.25, 0.3) is 0 Å². The molecule has 0 spiro atoms. The van der Waals surface area contributed by atoms with Gasteiger partial charge in [0.1, 0.15) is 0 Å². The Kier molecular flexibility index (Phi) is 5.76. The van der Waals surface area contributed by atoms with Gasteiger partial charge >= 0.3 is 6.18 Å². The van der Waals surface area contributed by atoms with Crippen LogP contribution in [0.3, 0.4) is 0 Å². The number of hydrogen-bond donors (Lipinski definition) is 1. The van der Waals surface area contributed by atoms with E-state index in [-0.39, 0.29) is 24.6 Å². The van der Waals surface area contributed by atoms with Gasteiger partial charge in [0.2, 0.25) is 5.91 Å². The van der Waals surface area contributed by atoms with E-state index < -0.39 is 16.9 Å². The highest BCUT2D eigenvalue weighted by Gasteiger charge is 2.38. The minimum Gasteiger partial charge on any atom is -0.354 e. The molecule has 2 heterocycles. The number of hydrogen-bond acceptors (Lipinski definition) is 3. The number of aryl methyl sites for hydroxylation is 1. The molecule has 0 aliphatic carbocycles. The maximum absolute atomic E-state index is 12.7. The van der Waals surface area contributed by atoms with Crippen LogP contribution in [-0.4, -0.2) is 32.0 Å². The zero-order valence-corrected chi connectivity index (χ0v) is 14.1. The van der Waals surface area contributed by atoms with Gasteiger partial charge in [-0.3, -0.25) is 14.2 Å². The monoisotopic (exact) mass is 383 g/mol. The molecule has 0 atom stereocenters. The summed E-state index contributed by atoms with van der Waals surface area (Å²) in [6.07, 6.45) is -1.55. The van der Waals surface area contributed by atoms with E-state index in [9.17, 15) is 18.0 Å². The lowest BCUT2D eigenvalue weighted by atomic mass is 10.3. The quantitative estimate of drug-likeness (QED) is 0.833. The Labute approximate surface area is 145 Å². The predicted octanol–water partition coefficient (Wildman–Crippen LogP) is 2.92. The van der Waals surface area contributed by atoms with Gasteiger partial charge in [-0.15, -0.1) is 0 Å². The van der Waals surface area contributed by atoms with Crippen molar-refractivity contribution in [1.29, 1.82) is 0 Å². The van der Waals surface area contributed by atoms with E-state index in [1.54, 1.807) is 10.9 Å². The van der Waals surface area contributed by atoms with Gasteiger partial charge < -0.3 is 5.32 Å². The standard InChI is InChI=1S/C13H14Cl2F3N5O/c1-8-11(15)12(13(16,17)18)21-23(8)4-2-10(24)19-3-5-22-7-9(14)6-20-22/h6-7H,2-5H2,1H3,(H,19,24). The lowest BCUT2D eigenvalue weighted by Gasteiger charge is -2.07. The summed E-state index contributed by atoms with van der Waals surface area (Å²) in [6.45, 7) is 2.18. The van der Waals surface area contributed by atoms with Crippen molar-refractivity contribution in [3.63, 3.8) is 0 Å². The Bertz CT molecular complexity index is 726. The van der Waals surface area contributed by atoms with Crippen LogP contribution in [0, 0.1) is 6.92 Å². The maximum atomic E-state index is 12.7. The van der Waals surface area contributed by atoms with Gasteiger partial charge in [-0.25, -0.2) is 0 Å². The molecule has 0 saturated heterocycles. The Morgan fingerprint density at radius 2 is 2.04 bits per heavy atom. The fraction of sp³-hybridized carbons (Fsp3) is 0.462. The van der Waals surface area contributed by atoms with Crippen molar-refractivity contribution < 1.29 is 18.0 Å². The highest BCUT2D eigenvalue weighted by molar-refractivity contribution is 6.32. The van der Waals surface area contributed by atoms with Crippen LogP contribution in [-0.2, 0) is 24.1 Å². The Hall–Kier alpha value is -1.74. The molecule has 0 aliphatic heterocycles. The summed E-state index contributed by atoms with van der Waals surface area (Å²) in [5.41, 5.74) is -0.972. The number of aromatic nitrogens is 4. The number of carbonyl (C=O) groups is 1. The molecular weight excluding hydrogens is 370 g/mol. The first-order valence-electron chi connectivity index (χ1n) is 6.93. The van der Waals surface area contributed by atoms with E-state index in [4.69, 9.17) is 23.2 Å². The first-order valence-corrected chi connectivity index (χ1v) is 7.69. The first kappa shape index (κ1) is 18.6. The molecule has 0 radical (unpaired) electrons. The third-order valence-corrected chi connectivity index (χ3v) is 3.87. The molecule has 2 aromatic rings. The van der Waals surface area contributed by atoms with Gasteiger partial charge in [0.15, 0.2) is 5.69 Å². The van der Waals surface area contributed by atoms with Crippen LogP contribution in [0.5, 0.6) is 0 Å². The molecule has 0 saturated carbocycles. The van der Waals surface area contributed by atoms with Crippen LogP contribution in [0.4, 0.5) is 13.2 Å². The third kappa shape index (κ3) is 4.64. The molecule has 0 bridgehead atoms. The van der Waals surface area contributed by atoms with Crippen LogP contribution >= 0.6 is 23.2 Å². The van der Waals surface area contributed by atoms with E-state index in [1.807, 2.05) is 0 Å². The second-order valence-electron chi connectivity index (χ2n) is 4.99. The molecule has 132 valence electrons. The molecule has 0 aliphatic rings. The Balaban J connectivity index is 1.83. The summed E-state index contributed by atoms with van der Waals surface area (Å²) in [7, 11) is 0. The second-order valence-corrected chi connectivity index (χ2v) is 5.80. The summed E-state index contributed by atoms with van der Waals surface area (Å²) >= 11 is 11.4. The molecule has 6 nitrogen and oxygen atoms in total. The smallest absolute Gasteiger partial charge is 0.354 e. The number of amides is 1. The van der Waals surface area contributed by atoms with Gasteiger partial charge in [-0.2, -0.15) is 23.4 Å². The summed E-state index contributed by atoms with van der Waals surface area (Å²) in [5, 5.41) is 10.1. The molecule has 1 N–H and O–H groups in total. The Morgan fingerprint density at radius 1 is 1.33 bits per heavy atom. The third-order valence-electron chi connectivity index (χ3n) is 3.22. The van der Waals surface area contributed by atoms with E-state index in [0.29, 0.717) is 18.1 Å². The maximum Gasteiger partial charge on any atom is 0.436 e. The van der Waals surface area contributed by atoms with Gasteiger partial charge in [-0.05, 0) is 6.92 Å². The minimum atomic E-state index is -4.62. The molecule has 24 heavy (non-hydrogen) atoms. The molecule has 0 aromatic carbocycles. The molecule has 1 amide bonds. The minimum absolute atomic E-state index is 0.00106. The van der Waals surface area contributed by atoms with Gasteiger partial charge in [0.05, 0.1) is 35.0 Å². The summed E-state index contributed by atoms with van der Waals surface area (Å²) in [5.74, 6) is -0.312. The number of halogens is 5. The summed E-state index contributed by atoms with van der Waals surface area (Å²) in [4.78, 5) is 11.7. The zero-order valence-electron chi connectivity index (χ0n) is 12.6. The number of alkyl halides is 3. The first-order chi connectivity index (χ1) is 11.2. The predicted molar refractivity (Wildman–Crippen MR) is 81.8 cm³/mol. The number of nitrogens with zero attached hydrogens (tertiary/aromatic N) is 4. The molecule has 11 heteroatoms. The van der Waals surface area contributed by atoms with Gasteiger partial charge in [-0.1, -0.05) is 23.2 Å². The summed E-state index contributed by atoms with van der Waals surface area (Å²) < 4.78 is 40.8. The largest absolute Gasteiger partial charge is 0.436 e. The fourth-order valence-corrected chi connectivity index (χ4v) is 2.39. The van der Waals surface area contributed by atoms with Crippen LogP contribution in [0.25, 0.3) is 0 Å². The van der Waals surface area contributed by atoms with Crippen molar-refractivity contribution in [1.82, 2.24) is 24.9 Å². The topological polar surface area (TPSA) is 64.7 Å². The lowest BCUT2D eigenvalue weighted by molar-refractivity contribution is -0.141. The molecular formula is C13H14Cl2F3N5O. The average Bonchev–Trinajstić information content (AvgIpc) is 3.02. The van der Waals surface area contributed by atoms with Crippen LogP contribution in [0.1, 0.15) is 17.8 Å². The molecule has 0 unspecified atom stereocenters. The van der Waals surface area contributed by atoms with Gasteiger partial charge in [0, 0.05) is 19.2 Å². The number of carbonyl (C=O) groups excluding carboxylic acids is 1.